The van der Waals surface area contributed by atoms with Crippen molar-refractivity contribution in [2.75, 3.05) is 32.7 Å². The zero-order valence-electron chi connectivity index (χ0n) is 12.3. The number of benzene rings is 1. The van der Waals surface area contributed by atoms with Gasteiger partial charge in [-0.3, -0.25) is 4.79 Å². The molecule has 0 bridgehead atoms. The lowest BCUT2D eigenvalue weighted by atomic mass is 10.3. The predicted octanol–water partition coefficient (Wildman–Crippen LogP) is 1.65. The second kappa shape index (κ2) is 6.10. The van der Waals surface area contributed by atoms with Crippen molar-refractivity contribution in [2.24, 2.45) is 0 Å². The van der Waals surface area contributed by atoms with E-state index in [1.54, 1.807) is 6.33 Å². The maximum Gasteiger partial charge on any atom is 0.274 e. The van der Waals surface area contributed by atoms with Crippen LogP contribution in [0.25, 0.3) is 5.69 Å². The van der Waals surface area contributed by atoms with Crippen LogP contribution in [0.5, 0.6) is 0 Å². The van der Waals surface area contributed by atoms with Crippen molar-refractivity contribution in [3.05, 3.63) is 48.5 Å². The number of nitrogens with zero attached hydrogens (tertiary/aromatic N) is 4. The number of hydrogen-bond acceptors (Lipinski definition) is 3. The van der Waals surface area contributed by atoms with Crippen LogP contribution in [-0.2, 0) is 0 Å². The quantitative estimate of drug-likeness (QED) is 0.860. The van der Waals surface area contributed by atoms with Gasteiger partial charge in [0.25, 0.3) is 5.91 Å². The van der Waals surface area contributed by atoms with Crippen LogP contribution >= 0.6 is 0 Å². The molecular formula is C16H20N4O. The van der Waals surface area contributed by atoms with Crippen molar-refractivity contribution in [1.82, 2.24) is 19.4 Å². The first-order chi connectivity index (χ1) is 10.3. The lowest BCUT2D eigenvalue weighted by Gasteiger charge is -2.33. The molecule has 0 radical (unpaired) electrons. The van der Waals surface area contributed by atoms with Crippen molar-refractivity contribution in [3.63, 3.8) is 0 Å². The third kappa shape index (κ3) is 2.97. The largest absolute Gasteiger partial charge is 0.335 e. The number of piperazine rings is 1. The summed E-state index contributed by atoms with van der Waals surface area (Å²) in [5.74, 6) is 0.0282. The summed E-state index contributed by atoms with van der Waals surface area (Å²) >= 11 is 0. The van der Waals surface area contributed by atoms with E-state index >= 15 is 0 Å². The Labute approximate surface area is 124 Å². The van der Waals surface area contributed by atoms with Crippen LogP contribution in [0.3, 0.4) is 0 Å². The van der Waals surface area contributed by atoms with E-state index in [2.05, 4.69) is 16.8 Å². The molecule has 1 aliphatic rings. The fourth-order valence-corrected chi connectivity index (χ4v) is 2.60. The second-order valence-corrected chi connectivity index (χ2v) is 5.23. The summed E-state index contributed by atoms with van der Waals surface area (Å²) in [5.41, 5.74) is 1.53. The smallest absolute Gasteiger partial charge is 0.274 e. The van der Waals surface area contributed by atoms with E-state index in [-0.39, 0.29) is 5.91 Å². The average molecular weight is 284 g/mol. The molecule has 0 aliphatic carbocycles. The molecule has 110 valence electrons. The molecule has 1 fully saturated rings. The summed E-state index contributed by atoms with van der Waals surface area (Å²) < 4.78 is 1.88. The molecule has 5 heteroatoms. The molecular weight excluding hydrogens is 264 g/mol. The Morgan fingerprint density at radius 1 is 1.14 bits per heavy atom. The molecule has 2 heterocycles. The number of rotatable bonds is 3. The first kappa shape index (κ1) is 13.8. The number of carbonyl (C=O) groups excluding carboxylic acids is 1. The summed E-state index contributed by atoms with van der Waals surface area (Å²) in [4.78, 5) is 21.0. The lowest BCUT2D eigenvalue weighted by molar-refractivity contribution is 0.0638. The van der Waals surface area contributed by atoms with Crippen molar-refractivity contribution in [2.45, 2.75) is 6.92 Å². The van der Waals surface area contributed by atoms with E-state index in [4.69, 9.17) is 0 Å². The number of imidazole rings is 1. The Hall–Kier alpha value is -2.14. The normalized spacial score (nSPS) is 16.1. The molecule has 3 rings (SSSR count). The van der Waals surface area contributed by atoms with Gasteiger partial charge in [-0.15, -0.1) is 0 Å². The number of para-hydroxylation sites is 1. The minimum atomic E-state index is 0.0282. The number of hydrogen-bond donors (Lipinski definition) is 0. The maximum atomic E-state index is 12.5. The van der Waals surface area contributed by atoms with Crippen LogP contribution in [0.2, 0.25) is 0 Å². The number of carbonyl (C=O) groups is 1. The van der Waals surface area contributed by atoms with E-state index in [1.807, 2.05) is 46.0 Å². The van der Waals surface area contributed by atoms with Gasteiger partial charge in [0.2, 0.25) is 0 Å². The van der Waals surface area contributed by atoms with Crippen LogP contribution in [0.4, 0.5) is 0 Å². The van der Waals surface area contributed by atoms with E-state index in [0.29, 0.717) is 5.69 Å². The highest BCUT2D eigenvalue weighted by atomic mass is 16.2. The lowest BCUT2D eigenvalue weighted by Crippen LogP contribution is -2.48. The van der Waals surface area contributed by atoms with Gasteiger partial charge >= 0.3 is 0 Å². The standard InChI is InChI=1S/C16H20N4O/c1-2-18-8-10-19(11-9-18)16(21)15-12-20(13-17-15)14-6-4-3-5-7-14/h3-7,12-13H,2,8-11H2,1H3. The Morgan fingerprint density at radius 3 is 2.52 bits per heavy atom. The first-order valence-electron chi connectivity index (χ1n) is 7.39. The molecule has 0 N–H and O–H groups in total. The average Bonchev–Trinajstić information content (AvgIpc) is 3.05. The first-order valence-corrected chi connectivity index (χ1v) is 7.39. The van der Waals surface area contributed by atoms with E-state index in [1.165, 1.54) is 0 Å². The van der Waals surface area contributed by atoms with Crippen LogP contribution < -0.4 is 0 Å². The molecule has 5 nitrogen and oxygen atoms in total. The molecule has 1 amide bonds. The number of aromatic nitrogens is 2. The van der Waals surface area contributed by atoms with Crippen LogP contribution in [0, 0.1) is 0 Å². The van der Waals surface area contributed by atoms with Gasteiger partial charge in [-0.25, -0.2) is 4.98 Å². The molecule has 0 saturated carbocycles. The monoisotopic (exact) mass is 284 g/mol. The maximum absolute atomic E-state index is 12.5. The van der Waals surface area contributed by atoms with E-state index in [0.717, 1.165) is 38.4 Å². The van der Waals surface area contributed by atoms with Gasteiger partial charge in [-0.05, 0) is 18.7 Å². The Morgan fingerprint density at radius 2 is 1.86 bits per heavy atom. The second-order valence-electron chi connectivity index (χ2n) is 5.23. The van der Waals surface area contributed by atoms with Gasteiger partial charge < -0.3 is 14.4 Å². The third-order valence-electron chi connectivity index (χ3n) is 3.96. The molecule has 0 spiro atoms. The van der Waals surface area contributed by atoms with Crippen molar-refractivity contribution < 1.29 is 4.79 Å². The van der Waals surface area contributed by atoms with Crippen LogP contribution in [0.15, 0.2) is 42.9 Å². The summed E-state index contributed by atoms with van der Waals surface area (Å²) in [6.07, 6.45) is 3.51. The fraction of sp³-hybridized carbons (Fsp3) is 0.375. The summed E-state index contributed by atoms with van der Waals surface area (Å²) in [5, 5.41) is 0. The van der Waals surface area contributed by atoms with Crippen LogP contribution in [-0.4, -0.2) is 58.0 Å². The van der Waals surface area contributed by atoms with Gasteiger partial charge in [0, 0.05) is 38.1 Å². The molecule has 1 aromatic heterocycles. The van der Waals surface area contributed by atoms with Crippen molar-refractivity contribution >= 4 is 5.91 Å². The highest BCUT2D eigenvalue weighted by Crippen LogP contribution is 2.11. The Bertz CT molecular complexity index is 600. The zero-order valence-corrected chi connectivity index (χ0v) is 12.3. The third-order valence-corrected chi connectivity index (χ3v) is 3.96. The van der Waals surface area contributed by atoms with Gasteiger partial charge in [0.05, 0.1) is 0 Å². The van der Waals surface area contributed by atoms with Gasteiger partial charge in [0.15, 0.2) is 0 Å². The Kier molecular flexibility index (Phi) is 4.01. The van der Waals surface area contributed by atoms with E-state index < -0.39 is 0 Å². The minimum Gasteiger partial charge on any atom is -0.335 e. The molecule has 21 heavy (non-hydrogen) atoms. The summed E-state index contributed by atoms with van der Waals surface area (Å²) in [7, 11) is 0. The Balaban J connectivity index is 1.70. The zero-order chi connectivity index (χ0) is 14.7. The molecule has 1 saturated heterocycles. The summed E-state index contributed by atoms with van der Waals surface area (Å²) in [6, 6.07) is 9.91. The predicted molar refractivity (Wildman–Crippen MR) is 81.6 cm³/mol. The number of amides is 1. The summed E-state index contributed by atoms with van der Waals surface area (Å²) in [6.45, 7) is 6.66. The van der Waals surface area contributed by atoms with Crippen LogP contribution in [0.1, 0.15) is 17.4 Å². The molecule has 2 aromatic rings. The van der Waals surface area contributed by atoms with Gasteiger partial charge in [-0.2, -0.15) is 0 Å². The van der Waals surface area contributed by atoms with E-state index in [9.17, 15) is 4.79 Å². The van der Waals surface area contributed by atoms with Crippen molar-refractivity contribution in [3.8, 4) is 5.69 Å². The SMILES string of the molecule is CCN1CCN(C(=O)c2cn(-c3ccccc3)cn2)CC1. The van der Waals surface area contributed by atoms with Gasteiger partial charge in [0.1, 0.15) is 12.0 Å². The molecule has 0 unspecified atom stereocenters. The molecule has 1 aliphatic heterocycles. The topological polar surface area (TPSA) is 41.4 Å². The molecule has 1 aromatic carbocycles. The van der Waals surface area contributed by atoms with Crippen molar-refractivity contribution in [1.29, 1.82) is 0 Å². The van der Waals surface area contributed by atoms with Gasteiger partial charge in [-0.1, -0.05) is 25.1 Å². The molecule has 0 atom stereocenters. The fourth-order valence-electron chi connectivity index (χ4n) is 2.60. The highest BCUT2D eigenvalue weighted by Gasteiger charge is 2.22. The minimum absolute atomic E-state index is 0.0282. The number of likely N-dealkylation sites (N-methyl/N-ethyl adjacent to an activating group) is 1. The highest BCUT2D eigenvalue weighted by molar-refractivity contribution is 5.92.